The van der Waals surface area contributed by atoms with Crippen LogP contribution in [0.2, 0.25) is 0 Å². The van der Waals surface area contributed by atoms with Gasteiger partial charge in [-0.25, -0.2) is 0 Å². The van der Waals surface area contributed by atoms with Crippen molar-refractivity contribution in [2.45, 2.75) is 58.9 Å². The van der Waals surface area contributed by atoms with E-state index in [9.17, 15) is 14.4 Å². The van der Waals surface area contributed by atoms with Crippen LogP contribution in [-0.2, 0) is 11.2 Å². The molecule has 1 atom stereocenters. The van der Waals surface area contributed by atoms with Gasteiger partial charge >= 0.3 is 5.97 Å². The number of carbonyl (C=O) groups is 3. The molecular formula is C17H24N2O4. The van der Waals surface area contributed by atoms with Gasteiger partial charge in [-0.3, -0.25) is 14.4 Å². The number of Topliss-reactive ketones (excluding diaryl/α,β-unsaturated/α-hetero) is 1. The summed E-state index contributed by atoms with van der Waals surface area (Å²) in [6, 6.07) is -0.265. The van der Waals surface area contributed by atoms with Crippen molar-refractivity contribution >= 4 is 17.7 Å². The predicted molar refractivity (Wildman–Crippen MR) is 85.8 cm³/mol. The van der Waals surface area contributed by atoms with Crippen molar-refractivity contribution < 1.29 is 19.5 Å². The van der Waals surface area contributed by atoms with Gasteiger partial charge < -0.3 is 15.0 Å². The average Bonchev–Trinajstić information content (AvgIpc) is 3.02. The highest BCUT2D eigenvalue weighted by atomic mass is 16.4. The maximum atomic E-state index is 12.9. The molecule has 0 saturated carbocycles. The minimum atomic E-state index is -0.893. The van der Waals surface area contributed by atoms with Gasteiger partial charge in [-0.2, -0.15) is 0 Å². The topological polar surface area (TPSA) is 90.5 Å². The molecule has 0 spiro atoms. The molecule has 1 aliphatic rings. The third kappa shape index (κ3) is 3.46. The second-order valence-electron chi connectivity index (χ2n) is 6.18. The summed E-state index contributed by atoms with van der Waals surface area (Å²) in [5.74, 6) is -1.13. The number of ketones is 1. The predicted octanol–water partition coefficient (Wildman–Crippen LogP) is 2.56. The first kappa shape index (κ1) is 17.2. The van der Waals surface area contributed by atoms with Crippen LogP contribution in [-0.4, -0.2) is 45.2 Å². The number of carboxylic acids is 1. The Kier molecular flexibility index (Phi) is 5.23. The molecule has 1 aromatic rings. The summed E-state index contributed by atoms with van der Waals surface area (Å²) in [6.45, 7) is 5.87. The third-order valence-corrected chi connectivity index (χ3v) is 4.41. The number of carbonyl (C=O) groups excluding carboxylic acids is 2. The van der Waals surface area contributed by atoms with Crippen LogP contribution in [0.3, 0.4) is 0 Å². The highest BCUT2D eigenvalue weighted by Crippen LogP contribution is 2.27. The Morgan fingerprint density at radius 2 is 2.04 bits per heavy atom. The maximum Gasteiger partial charge on any atom is 0.305 e. The Balaban J connectivity index is 2.37. The lowest BCUT2D eigenvalue weighted by Crippen LogP contribution is -2.37. The lowest BCUT2D eigenvalue weighted by atomic mass is 10.0. The smallest absolute Gasteiger partial charge is 0.305 e. The molecular weight excluding hydrogens is 296 g/mol. The summed E-state index contributed by atoms with van der Waals surface area (Å²) in [4.78, 5) is 40.5. The molecule has 6 nitrogen and oxygen atoms in total. The molecule has 2 heterocycles. The monoisotopic (exact) mass is 320 g/mol. The molecule has 2 rings (SSSR count). The number of nitrogens with one attached hydrogen (secondary N) is 1. The summed E-state index contributed by atoms with van der Waals surface area (Å²) in [5.41, 5.74) is 2.53. The third-order valence-electron chi connectivity index (χ3n) is 4.41. The van der Waals surface area contributed by atoms with Crippen molar-refractivity contribution in [3.8, 4) is 0 Å². The molecule has 0 radical (unpaired) electrons. The van der Waals surface area contributed by atoms with E-state index in [4.69, 9.17) is 5.11 Å². The first-order valence-corrected chi connectivity index (χ1v) is 8.11. The fraction of sp³-hybridized carbons (Fsp3) is 0.588. The van der Waals surface area contributed by atoms with E-state index in [1.54, 1.807) is 11.8 Å². The van der Waals surface area contributed by atoms with Gasteiger partial charge in [-0.15, -0.1) is 0 Å². The zero-order valence-electron chi connectivity index (χ0n) is 13.9. The molecule has 0 bridgehead atoms. The first-order chi connectivity index (χ1) is 10.9. The number of rotatable bonds is 6. The van der Waals surface area contributed by atoms with E-state index >= 15 is 0 Å². The van der Waals surface area contributed by atoms with Gasteiger partial charge in [0, 0.05) is 23.8 Å². The van der Waals surface area contributed by atoms with Crippen LogP contribution >= 0.6 is 0 Å². The zero-order chi connectivity index (χ0) is 17.1. The van der Waals surface area contributed by atoms with Crippen molar-refractivity contribution in [3.63, 3.8) is 0 Å². The van der Waals surface area contributed by atoms with Crippen LogP contribution in [0.4, 0.5) is 0 Å². The normalized spacial score (nSPS) is 17.5. The lowest BCUT2D eigenvalue weighted by molar-refractivity contribution is -0.137. The van der Waals surface area contributed by atoms with E-state index in [2.05, 4.69) is 4.98 Å². The Labute approximate surface area is 135 Å². The molecule has 126 valence electrons. The molecule has 1 unspecified atom stereocenters. The van der Waals surface area contributed by atoms with Gasteiger partial charge in [0.1, 0.15) is 5.69 Å². The van der Waals surface area contributed by atoms with Crippen LogP contribution in [0.1, 0.15) is 71.6 Å². The number of amides is 1. The summed E-state index contributed by atoms with van der Waals surface area (Å²) in [7, 11) is 0. The average molecular weight is 320 g/mol. The fourth-order valence-electron chi connectivity index (χ4n) is 3.50. The van der Waals surface area contributed by atoms with Crippen molar-refractivity contribution in [1.29, 1.82) is 0 Å². The highest BCUT2D eigenvalue weighted by Gasteiger charge is 2.33. The van der Waals surface area contributed by atoms with E-state index in [1.807, 2.05) is 6.92 Å². The summed E-state index contributed by atoms with van der Waals surface area (Å²) < 4.78 is 0. The van der Waals surface area contributed by atoms with E-state index < -0.39 is 5.97 Å². The molecule has 1 amide bonds. The minimum Gasteiger partial charge on any atom is -0.481 e. The minimum absolute atomic E-state index is 0.0336. The van der Waals surface area contributed by atoms with E-state index in [-0.39, 0.29) is 24.2 Å². The van der Waals surface area contributed by atoms with Crippen LogP contribution < -0.4 is 0 Å². The number of H-pyrrole nitrogens is 1. The number of hydrogen-bond acceptors (Lipinski definition) is 3. The van der Waals surface area contributed by atoms with Crippen molar-refractivity contribution in [3.05, 3.63) is 22.5 Å². The summed E-state index contributed by atoms with van der Waals surface area (Å²) in [5, 5.41) is 9.01. The SMILES string of the molecule is CCCc1c(C(=O)N2CCCC2CC(=O)O)[nH]c(C)c1C(C)=O. The number of likely N-dealkylation sites (tertiary alicyclic amines) is 1. The molecule has 1 aromatic heterocycles. The largest absolute Gasteiger partial charge is 0.481 e. The number of carboxylic acid groups (broad SMARTS) is 1. The van der Waals surface area contributed by atoms with Crippen LogP contribution in [0, 0.1) is 6.92 Å². The van der Waals surface area contributed by atoms with Crippen LogP contribution in [0.5, 0.6) is 0 Å². The zero-order valence-corrected chi connectivity index (χ0v) is 13.9. The van der Waals surface area contributed by atoms with E-state index in [0.29, 0.717) is 36.3 Å². The van der Waals surface area contributed by atoms with Gasteiger partial charge in [0.05, 0.1) is 6.42 Å². The quantitative estimate of drug-likeness (QED) is 0.788. The maximum absolute atomic E-state index is 12.9. The Morgan fingerprint density at radius 3 is 2.61 bits per heavy atom. The molecule has 0 aliphatic carbocycles. The Bertz CT molecular complexity index is 633. The second kappa shape index (κ2) is 6.98. The molecule has 6 heteroatoms. The Hall–Kier alpha value is -2.11. The van der Waals surface area contributed by atoms with Crippen molar-refractivity contribution in [2.75, 3.05) is 6.54 Å². The summed E-state index contributed by atoms with van der Waals surface area (Å²) >= 11 is 0. The van der Waals surface area contributed by atoms with Crippen LogP contribution in [0.25, 0.3) is 0 Å². The molecule has 1 saturated heterocycles. The number of aromatic nitrogens is 1. The van der Waals surface area contributed by atoms with Crippen molar-refractivity contribution in [1.82, 2.24) is 9.88 Å². The van der Waals surface area contributed by atoms with Gasteiger partial charge in [0.15, 0.2) is 5.78 Å². The van der Waals surface area contributed by atoms with Gasteiger partial charge in [0.25, 0.3) is 5.91 Å². The molecule has 2 N–H and O–H groups in total. The van der Waals surface area contributed by atoms with Crippen molar-refractivity contribution in [2.24, 2.45) is 0 Å². The number of nitrogens with zero attached hydrogens (tertiary/aromatic N) is 1. The number of hydrogen-bond donors (Lipinski definition) is 2. The number of aryl methyl sites for hydroxylation is 1. The van der Waals surface area contributed by atoms with Crippen LogP contribution in [0.15, 0.2) is 0 Å². The Morgan fingerprint density at radius 1 is 1.35 bits per heavy atom. The molecule has 1 fully saturated rings. The lowest BCUT2D eigenvalue weighted by Gasteiger charge is -2.23. The van der Waals surface area contributed by atoms with Gasteiger partial charge in [0.2, 0.25) is 0 Å². The van der Waals surface area contributed by atoms with Gasteiger partial charge in [-0.1, -0.05) is 13.3 Å². The van der Waals surface area contributed by atoms with E-state index in [0.717, 1.165) is 18.4 Å². The van der Waals surface area contributed by atoms with E-state index in [1.165, 1.54) is 6.92 Å². The molecule has 1 aliphatic heterocycles. The molecule has 23 heavy (non-hydrogen) atoms. The molecule has 0 aromatic carbocycles. The standard InChI is InChI=1S/C17H24N2O4/c1-4-6-13-15(11(3)20)10(2)18-16(13)17(23)19-8-5-7-12(19)9-14(21)22/h12,18H,4-9H2,1-3H3,(H,21,22). The highest BCUT2D eigenvalue weighted by molar-refractivity contribution is 6.03. The number of aromatic amines is 1. The summed E-state index contributed by atoms with van der Waals surface area (Å²) in [6.07, 6.45) is 2.97. The van der Waals surface area contributed by atoms with Gasteiger partial charge in [-0.05, 0) is 38.7 Å². The second-order valence-corrected chi connectivity index (χ2v) is 6.18. The number of aliphatic carboxylic acids is 1. The first-order valence-electron chi connectivity index (χ1n) is 8.11. The fourth-order valence-corrected chi connectivity index (χ4v) is 3.50.